The van der Waals surface area contributed by atoms with Crippen LogP contribution in [0.5, 0.6) is 0 Å². The van der Waals surface area contributed by atoms with Crippen LogP contribution in [0.25, 0.3) is 0 Å². The highest BCUT2D eigenvalue weighted by Gasteiger charge is 2.16. The van der Waals surface area contributed by atoms with Gasteiger partial charge in [-0.15, -0.1) is 0 Å². The molecule has 1 aliphatic heterocycles. The average Bonchev–Trinajstić information content (AvgIpc) is 2.76. The van der Waals surface area contributed by atoms with Gasteiger partial charge in [0.15, 0.2) is 0 Å². The van der Waals surface area contributed by atoms with Gasteiger partial charge in [-0.1, -0.05) is 0 Å². The maximum Gasteiger partial charge on any atom is 0.101 e. The van der Waals surface area contributed by atoms with Gasteiger partial charge >= 0.3 is 0 Å². The van der Waals surface area contributed by atoms with Gasteiger partial charge in [0.05, 0.1) is 12.2 Å². The molecule has 2 unspecified atom stereocenters. The lowest BCUT2D eigenvalue weighted by atomic mass is 9.99. The largest absolute Gasteiger partial charge is 0.377 e. The van der Waals surface area contributed by atoms with Crippen molar-refractivity contribution in [2.45, 2.75) is 50.7 Å². The van der Waals surface area contributed by atoms with Crippen molar-refractivity contribution in [1.29, 1.82) is 5.26 Å². The van der Waals surface area contributed by atoms with Gasteiger partial charge < -0.3 is 10.5 Å². The second kappa shape index (κ2) is 7.16. The van der Waals surface area contributed by atoms with Gasteiger partial charge in [0, 0.05) is 12.4 Å². The van der Waals surface area contributed by atoms with Crippen LogP contribution in [-0.2, 0) is 4.74 Å². The molecule has 1 aliphatic rings. The Bertz CT molecular complexity index is 232. The van der Waals surface area contributed by atoms with Crippen LogP contribution >= 0.6 is 11.8 Å². The summed E-state index contributed by atoms with van der Waals surface area (Å²) in [5.41, 5.74) is 5.10. The maximum absolute atomic E-state index is 8.74. The molecular formula is C12H22N2OS. The van der Waals surface area contributed by atoms with Crippen molar-refractivity contribution in [3.8, 4) is 6.07 Å². The van der Waals surface area contributed by atoms with Gasteiger partial charge in [0.1, 0.15) is 5.54 Å². The summed E-state index contributed by atoms with van der Waals surface area (Å²) in [6, 6.07) is 2.13. The number of hydrogen-bond donors (Lipinski definition) is 1. The van der Waals surface area contributed by atoms with Gasteiger partial charge in [-0.25, -0.2) is 0 Å². The molecule has 92 valence electrons. The summed E-state index contributed by atoms with van der Waals surface area (Å²) in [5, 5.41) is 8.74. The van der Waals surface area contributed by atoms with Crippen LogP contribution in [-0.4, -0.2) is 29.8 Å². The molecule has 3 nitrogen and oxygen atoms in total. The summed E-state index contributed by atoms with van der Waals surface area (Å²) in [6.07, 6.45) is 5.92. The lowest BCUT2D eigenvalue weighted by molar-refractivity contribution is 0.129. The fourth-order valence-electron chi connectivity index (χ4n) is 1.74. The number of nitrogens with two attached hydrogens (primary N) is 1. The SMILES string of the molecule is CC(N)(C#N)CCCCSCC1CCCO1. The Morgan fingerprint density at radius 1 is 1.56 bits per heavy atom. The third-order valence-electron chi connectivity index (χ3n) is 2.82. The van der Waals surface area contributed by atoms with E-state index in [1.807, 2.05) is 11.8 Å². The quantitative estimate of drug-likeness (QED) is 0.696. The predicted octanol–water partition coefficient (Wildman–Crippen LogP) is 2.31. The monoisotopic (exact) mass is 242 g/mol. The third-order valence-corrected chi connectivity index (χ3v) is 4.00. The van der Waals surface area contributed by atoms with Crippen LogP contribution in [0.15, 0.2) is 0 Å². The molecule has 1 saturated heterocycles. The van der Waals surface area contributed by atoms with Crippen LogP contribution < -0.4 is 5.73 Å². The highest BCUT2D eigenvalue weighted by molar-refractivity contribution is 7.99. The lowest BCUT2D eigenvalue weighted by Crippen LogP contribution is -2.33. The zero-order valence-electron chi connectivity index (χ0n) is 10.1. The average molecular weight is 242 g/mol. The van der Waals surface area contributed by atoms with E-state index in [1.165, 1.54) is 12.8 Å². The number of nitrogens with zero attached hydrogens (tertiary/aromatic N) is 1. The van der Waals surface area contributed by atoms with E-state index in [-0.39, 0.29) is 0 Å². The highest BCUT2D eigenvalue weighted by Crippen LogP contribution is 2.18. The molecule has 0 aromatic rings. The molecule has 1 fully saturated rings. The first-order valence-corrected chi connectivity index (χ1v) is 7.19. The number of rotatable bonds is 7. The summed E-state index contributed by atoms with van der Waals surface area (Å²) < 4.78 is 5.55. The second-order valence-corrected chi connectivity index (χ2v) is 5.85. The standard InChI is InChI=1S/C12H22N2OS/c1-12(14,10-13)6-2-3-8-16-9-11-5-4-7-15-11/h11H,2-9,14H2,1H3. The van der Waals surface area contributed by atoms with Crippen LogP contribution in [0, 0.1) is 11.3 Å². The van der Waals surface area contributed by atoms with Crippen LogP contribution in [0.4, 0.5) is 0 Å². The Morgan fingerprint density at radius 2 is 2.38 bits per heavy atom. The topological polar surface area (TPSA) is 59.0 Å². The molecule has 2 N–H and O–H groups in total. The van der Waals surface area contributed by atoms with Crippen molar-refractivity contribution >= 4 is 11.8 Å². The van der Waals surface area contributed by atoms with Gasteiger partial charge in [-0.05, 0) is 44.8 Å². The van der Waals surface area contributed by atoms with E-state index < -0.39 is 5.54 Å². The smallest absolute Gasteiger partial charge is 0.101 e. The first-order chi connectivity index (χ1) is 7.64. The Morgan fingerprint density at radius 3 is 3.00 bits per heavy atom. The lowest BCUT2D eigenvalue weighted by Gasteiger charge is -2.14. The highest BCUT2D eigenvalue weighted by atomic mass is 32.2. The van der Waals surface area contributed by atoms with Gasteiger partial charge in [-0.3, -0.25) is 0 Å². The van der Waals surface area contributed by atoms with Crippen molar-refractivity contribution in [1.82, 2.24) is 0 Å². The summed E-state index contributed by atoms with van der Waals surface area (Å²) in [6.45, 7) is 2.74. The number of unbranched alkanes of at least 4 members (excludes halogenated alkanes) is 1. The fraction of sp³-hybridized carbons (Fsp3) is 0.917. The van der Waals surface area contributed by atoms with Crippen molar-refractivity contribution in [2.75, 3.05) is 18.1 Å². The van der Waals surface area contributed by atoms with E-state index in [0.717, 1.165) is 37.4 Å². The molecule has 4 heteroatoms. The van der Waals surface area contributed by atoms with E-state index in [0.29, 0.717) is 6.10 Å². The van der Waals surface area contributed by atoms with Gasteiger partial charge in [0.25, 0.3) is 0 Å². The normalized spacial score (nSPS) is 23.9. The zero-order chi connectivity index (χ0) is 11.9. The fourth-order valence-corrected chi connectivity index (χ4v) is 2.84. The molecule has 0 radical (unpaired) electrons. The number of nitriles is 1. The molecule has 0 aliphatic carbocycles. The van der Waals surface area contributed by atoms with E-state index in [9.17, 15) is 0 Å². The number of hydrogen-bond acceptors (Lipinski definition) is 4. The molecule has 0 amide bonds. The molecule has 0 saturated carbocycles. The van der Waals surface area contributed by atoms with E-state index in [2.05, 4.69) is 6.07 Å². The number of ether oxygens (including phenoxy) is 1. The molecule has 2 atom stereocenters. The predicted molar refractivity (Wildman–Crippen MR) is 68.4 cm³/mol. The minimum atomic E-state index is -0.640. The minimum absolute atomic E-state index is 0.490. The first kappa shape index (κ1) is 13.8. The van der Waals surface area contributed by atoms with E-state index in [4.69, 9.17) is 15.7 Å². The van der Waals surface area contributed by atoms with Gasteiger partial charge in [0.2, 0.25) is 0 Å². The second-order valence-electron chi connectivity index (χ2n) is 4.70. The first-order valence-electron chi connectivity index (χ1n) is 6.03. The van der Waals surface area contributed by atoms with E-state index in [1.54, 1.807) is 6.92 Å². The summed E-state index contributed by atoms with van der Waals surface area (Å²) >= 11 is 1.96. The maximum atomic E-state index is 8.74. The molecule has 0 aromatic heterocycles. The molecule has 1 rings (SSSR count). The minimum Gasteiger partial charge on any atom is -0.377 e. The molecule has 16 heavy (non-hydrogen) atoms. The Balaban J connectivity index is 1.90. The summed E-state index contributed by atoms with van der Waals surface area (Å²) in [4.78, 5) is 0. The van der Waals surface area contributed by atoms with Crippen molar-refractivity contribution in [3.05, 3.63) is 0 Å². The van der Waals surface area contributed by atoms with Crippen LogP contribution in [0.1, 0.15) is 39.0 Å². The summed E-state index contributed by atoms with van der Waals surface area (Å²) in [7, 11) is 0. The van der Waals surface area contributed by atoms with Crippen molar-refractivity contribution in [3.63, 3.8) is 0 Å². The third kappa shape index (κ3) is 5.74. The molecule has 0 bridgehead atoms. The molecular weight excluding hydrogens is 220 g/mol. The zero-order valence-corrected chi connectivity index (χ0v) is 10.9. The van der Waals surface area contributed by atoms with Crippen LogP contribution in [0.2, 0.25) is 0 Å². The van der Waals surface area contributed by atoms with Crippen molar-refractivity contribution < 1.29 is 4.74 Å². The van der Waals surface area contributed by atoms with Gasteiger partial charge in [-0.2, -0.15) is 17.0 Å². The molecule has 1 heterocycles. The van der Waals surface area contributed by atoms with E-state index >= 15 is 0 Å². The van der Waals surface area contributed by atoms with Crippen LogP contribution in [0.3, 0.4) is 0 Å². The number of thioether (sulfide) groups is 1. The summed E-state index contributed by atoms with van der Waals surface area (Å²) in [5.74, 6) is 2.28. The molecule has 0 aromatic carbocycles. The Hall–Kier alpha value is -0.240. The Labute approximate surface area is 103 Å². The van der Waals surface area contributed by atoms with Crippen molar-refractivity contribution in [2.24, 2.45) is 5.73 Å². The Kier molecular flexibility index (Phi) is 6.18. The molecule has 0 spiro atoms.